The number of carboxylic acid groups (broad SMARTS) is 1. The van der Waals surface area contributed by atoms with Crippen LogP contribution < -0.4 is 16.4 Å². The molecule has 0 radical (unpaired) electrons. The summed E-state index contributed by atoms with van der Waals surface area (Å²) in [6.07, 6.45) is 0.552. The lowest BCUT2D eigenvalue weighted by Gasteiger charge is -2.11. The molecule has 0 aromatic rings. The number of aliphatic carboxylic acids is 1. The van der Waals surface area contributed by atoms with E-state index in [1.165, 1.54) is 0 Å². The molecule has 0 fully saturated rings. The number of hydrogen-bond donors (Lipinski definition) is 4. The lowest BCUT2D eigenvalue weighted by atomic mass is 10.0. The molecular formula is C11H21N3O5. The van der Waals surface area contributed by atoms with Crippen LogP contribution in [0.25, 0.3) is 0 Å². The number of urea groups is 1. The first-order chi connectivity index (χ1) is 8.91. The highest BCUT2D eigenvalue weighted by Gasteiger charge is 2.06. The predicted octanol–water partition coefficient (Wildman–Crippen LogP) is 0.272. The third kappa shape index (κ3) is 12.3. The van der Waals surface area contributed by atoms with E-state index in [1.54, 1.807) is 0 Å². The molecule has 0 heterocycles. The fraction of sp³-hybridized carbons (Fsp3) is 0.727. The highest BCUT2D eigenvalue weighted by molar-refractivity contribution is 5.73. The lowest BCUT2D eigenvalue weighted by Crippen LogP contribution is -2.38. The van der Waals surface area contributed by atoms with Gasteiger partial charge < -0.3 is 26.2 Å². The summed E-state index contributed by atoms with van der Waals surface area (Å²) < 4.78 is 4.43. The smallest absolute Gasteiger partial charge is 0.404 e. The topological polar surface area (TPSA) is 131 Å². The molecule has 0 rings (SSSR count). The van der Waals surface area contributed by atoms with Crippen molar-refractivity contribution in [1.82, 2.24) is 10.6 Å². The van der Waals surface area contributed by atoms with Crippen LogP contribution in [0, 0.1) is 5.92 Å². The molecule has 0 aromatic carbocycles. The van der Waals surface area contributed by atoms with Crippen LogP contribution in [0.1, 0.15) is 26.2 Å². The molecule has 0 bridgehead atoms. The van der Waals surface area contributed by atoms with Gasteiger partial charge in [0, 0.05) is 13.0 Å². The molecular weight excluding hydrogens is 254 g/mol. The van der Waals surface area contributed by atoms with Crippen LogP contribution in [0.3, 0.4) is 0 Å². The zero-order valence-electron chi connectivity index (χ0n) is 11.0. The van der Waals surface area contributed by atoms with E-state index in [9.17, 15) is 14.4 Å². The summed E-state index contributed by atoms with van der Waals surface area (Å²) in [6, 6.07) is -0.362. The second kappa shape index (κ2) is 9.98. The van der Waals surface area contributed by atoms with Gasteiger partial charge in [0.05, 0.1) is 6.54 Å². The molecule has 1 atom stereocenters. The van der Waals surface area contributed by atoms with Crippen molar-refractivity contribution < 1.29 is 24.2 Å². The van der Waals surface area contributed by atoms with E-state index in [4.69, 9.17) is 10.8 Å². The summed E-state index contributed by atoms with van der Waals surface area (Å²) in [7, 11) is 0. The molecule has 1 unspecified atom stereocenters. The van der Waals surface area contributed by atoms with Crippen molar-refractivity contribution in [3.63, 3.8) is 0 Å². The molecule has 0 aromatic heterocycles. The summed E-state index contributed by atoms with van der Waals surface area (Å²) in [5, 5.41) is 13.6. The van der Waals surface area contributed by atoms with Gasteiger partial charge in [0.2, 0.25) is 0 Å². The fourth-order valence-electron chi connectivity index (χ4n) is 1.32. The molecule has 3 amide bonds. The monoisotopic (exact) mass is 275 g/mol. The van der Waals surface area contributed by atoms with E-state index in [2.05, 4.69) is 15.4 Å². The average molecular weight is 275 g/mol. The minimum absolute atomic E-state index is 0.0256. The second-order valence-electron chi connectivity index (χ2n) is 4.18. The Bertz CT molecular complexity index is 309. The Morgan fingerprint density at radius 1 is 1.21 bits per heavy atom. The lowest BCUT2D eigenvalue weighted by molar-refractivity contribution is -0.137. The third-order valence-electron chi connectivity index (χ3n) is 2.41. The van der Waals surface area contributed by atoms with Crippen LogP contribution in [-0.4, -0.2) is 42.9 Å². The van der Waals surface area contributed by atoms with Crippen LogP contribution in [0.4, 0.5) is 9.59 Å². The summed E-state index contributed by atoms with van der Waals surface area (Å²) in [5.74, 6) is -0.582. The average Bonchev–Trinajstić information content (AvgIpc) is 2.32. The van der Waals surface area contributed by atoms with Gasteiger partial charge in [-0.1, -0.05) is 6.92 Å². The number of amides is 3. The standard InChI is InChI=1S/C11H21N3O5/c1-8(2-3-9(15)16)4-5-13-11(18)14-6-7-19-10(12)17/h8H,2-7H2,1H3,(H2,12,17)(H,15,16)(H2,13,14,18). The molecule has 110 valence electrons. The van der Waals surface area contributed by atoms with Gasteiger partial charge in [-0.25, -0.2) is 9.59 Å². The molecule has 0 saturated heterocycles. The van der Waals surface area contributed by atoms with Crippen LogP contribution in [0.15, 0.2) is 0 Å². The molecule has 0 spiro atoms. The Morgan fingerprint density at radius 2 is 1.84 bits per heavy atom. The van der Waals surface area contributed by atoms with Crippen LogP contribution >= 0.6 is 0 Å². The largest absolute Gasteiger partial charge is 0.481 e. The summed E-state index contributed by atoms with van der Waals surface area (Å²) >= 11 is 0. The number of carbonyl (C=O) groups excluding carboxylic acids is 2. The van der Waals surface area contributed by atoms with Crippen molar-refractivity contribution in [2.24, 2.45) is 11.7 Å². The van der Waals surface area contributed by atoms with Crippen LogP contribution in [-0.2, 0) is 9.53 Å². The molecule has 19 heavy (non-hydrogen) atoms. The molecule has 8 nitrogen and oxygen atoms in total. The van der Waals surface area contributed by atoms with Crippen molar-refractivity contribution in [3.05, 3.63) is 0 Å². The van der Waals surface area contributed by atoms with Gasteiger partial charge in [0.25, 0.3) is 0 Å². The maximum absolute atomic E-state index is 11.2. The van der Waals surface area contributed by atoms with Gasteiger partial charge >= 0.3 is 18.1 Å². The van der Waals surface area contributed by atoms with Gasteiger partial charge in [0.15, 0.2) is 0 Å². The number of rotatable bonds is 9. The molecule has 0 saturated carbocycles. The maximum atomic E-state index is 11.2. The van der Waals surface area contributed by atoms with Gasteiger partial charge in [-0.3, -0.25) is 4.79 Å². The van der Waals surface area contributed by atoms with Crippen molar-refractivity contribution in [2.75, 3.05) is 19.7 Å². The van der Waals surface area contributed by atoms with E-state index in [-0.39, 0.29) is 31.5 Å². The first-order valence-electron chi connectivity index (χ1n) is 6.07. The highest BCUT2D eigenvalue weighted by Crippen LogP contribution is 2.08. The molecule has 0 aliphatic carbocycles. The van der Waals surface area contributed by atoms with Crippen LogP contribution in [0.2, 0.25) is 0 Å². The number of hydrogen-bond acceptors (Lipinski definition) is 4. The molecule has 0 aliphatic heterocycles. The predicted molar refractivity (Wildman–Crippen MR) is 67.6 cm³/mol. The van der Waals surface area contributed by atoms with Gasteiger partial charge in [-0.15, -0.1) is 0 Å². The van der Waals surface area contributed by atoms with Crippen molar-refractivity contribution >= 4 is 18.1 Å². The van der Waals surface area contributed by atoms with Gasteiger partial charge in [-0.05, 0) is 18.8 Å². The number of nitrogens with one attached hydrogen (secondary N) is 2. The minimum Gasteiger partial charge on any atom is -0.481 e. The zero-order chi connectivity index (χ0) is 14.7. The quantitative estimate of drug-likeness (QED) is 0.449. The number of ether oxygens (including phenoxy) is 1. The van der Waals surface area contributed by atoms with E-state index < -0.39 is 12.1 Å². The molecule has 0 aliphatic rings. The minimum atomic E-state index is -0.880. The van der Waals surface area contributed by atoms with Gasteiger partial charge in [0.1, 0.15) is 6.61 Å². The molecule has 8 heteroatoms. The number of carboxylic acids is 1. The number of nitrogens with two attached hydrogens (primary N) is 1. The highest BCUT2D eigenvalue weighted by atomic mass is 16.5. The maximum Gasteiger partial charge on any atom is 0.404 e. The third-order valence-corrected chi connectivity index (χ3v) is 2.41. The first-order valence-corrected chi connectivity index (χ1v) is 6.07. The Hall–Kier alpha value is -1.99. The van der Waals surface area contributed by atoms with E-state index >= 15 is 0 Å². The Labute approximate surface area is 111 Å². The molecule has 5 N–H and O–H groups in total. The number of primary amides is 1. The summed E-state index contributed by atoms with van der Waals surface area (Å²) in [4.78, 5) is 31.8. The van der Waals surface area contributed by atoms with Crippen molar-refractivity contribution in [3.8, 4) is 0 Å². The second-order valence-corrected chi connectivity index (χ2v) is 4.18. The number of carbonyl (C=O) groups is 3. The summed E-state index contributed by atoms with van der Waals surface area (Å²) in [5.41, 5.74) is 4.74. The van der Waals surface area contributed by atoms with E-state index in [1.807, 2.05) is 6.92 Å². The Morgan fingerprint density at radius 3 is 2.42 bits per heavy atom. The van der Waals surface area contributed by atoms with E-state index in [0.717, 1.165) is 0 Å². The van der Waals surface area contributed by atoms with E-state index in [0.29, 0.717) is 19.4 Å². The van der Waals surface area contributed by atoms with Crippen molar-refractivity contribution in [2.45, 2.75) is 26.2 Å². The Kier molecular flexibility index (Phi) is 8.94. The SMILES string of the molecule is CC(CCNC(=O)NCCOC(N)=O)CCC(=O)O. The first kappa shape index (κ1) is 17.0. The zero-order valence-corrected chi connectivity index (χ0v) is 11.0. The fourth-order valence-corrected chi connectivity index (χ4v) is 1.32. The van der Waals surface area contributed by atoms with Gasteiger partial charge in [-0.2, -0.15) is 0 Å². The van der Waals surface area contributed by atoms with Crippen LogP contribution in [0.5, 0.6) is 0 Å². The Balaban J connectivity index is 3.47. The summed E-state index contributed by atoms with van der Waals surface area (Å²) in [6.45, 7) is 2.60. The normalized spacial score (nSPS) is 11.4. The van der Waals surface area contributed by atoms with Crippen molar-refractivity contribution in [1.29, 1.82) is 0 Å².